The topological polar surface area (TPSA) is 41.6 Å². The molecule has 11 rings (SSSR count). The molecule has 2 heterocycles. The Bertz CT molecular complexity index is 3320. The van der Waals surface area contributed by atoms with Crippen molar-refractivity contribution in [3.8, 4) is 89.4 Å². The molecule has 0 saturated heterocycles. The molecule has 286 valence electrons. The van der Waals surface area contributed by atoms with Gasteiger partial charge in [-0.1, -0.05) is 206 Å². The van der Waals surface area contributed by atoms with Crippen LogP contribution in [0.4, 0.5) is 0 Å². The molecule has 0 radical (unpaired) electrons. The van der Waals surface area contributed by atoms with Crippen LogP contribution in [-0.2, 0) is 0 Å². The monoisotopic (exact) mass is 777 g/mol. The fourth-order valence-corrected chi connectivity index (χ4v) is 8.80. The summed E-state index contributed by atoms with van der Waals surface area (Å²) in [5.41, 5.74) is 19.8. The van der Waals surface area contributed by atoms with Gasteiger partial charge >= 0.3 is 0 Å². The van der Waals surface area contributed by atoms with Crippen molar-refractivity contribution in [1.82, 2.24) is 15.0 Å². The Balaban J connectivity index is 1.14. The number of nitrogens with one attached hydrogen (secondary N) is 1. The van der Waals surface area contributed by atoms with Crippen LogP contribution in [0.3, 0.4) is 0 Å². The predicted octanol–water partition coefficient (Wildman–Crippen LogP) is 15.4. The average molecular weight is 778 g/mol. The van der Waals surface area contributed by atoms with E-state index in [2.05, 4.69) is 217 Å². The fourth-order valence-electron chi connectivity index (χ4n) is 8.80. The second kappa shape index (κ2) is 15.6. The Morgan fingerprint density at radius 2 is 0.721 bits per heavy atom. The minimum absolute atomic E-state index is 0.705. The van der Waals surface area contributed by atoms with Gasteiger partial charge in [0.05, 0.1) is 11.2 Å². The Kier molecular flexibility index (Phi) is 9.18. The van der Waals surface area contributed by atoms with Crippen molar-refractivity contribution in [3.63, 3.8) is 0 Å². The lowest BCUT2D eigenvalue weighted by atomic mass is 9.78. The lowest BCUT2D eigenvalue weighted by molar-refractivity contribution is 1.23. The number of fused-ring (bicyclic) bond motifs is 3. The largest absolute Gasteiger partial charge is 0.351 e. The van der Waals surface area contributed by atoms with Gasteiger partial charge < -0.3 is 4.98 Å². The van der Waals surface area contributed by atoms with E-state index in [1.54, 1.807) is 0 Å². The van der Waals surface area contributed by atoms with Gasteiger partial charge in [-0.2, -0.15) is 0 Å². The minimum atomic E-state index is 0.705. The molecule has 0 spiro atoms. The van der Waals surface area contributed by atoms with E-state index >= 15 is 0 Å². The molecule has 0 fully saturated rings. The van der Waals surface area contributed by atoms with E-state index in [9.17, 15) is 0 Å². The van der Waals surface area contributed by atoms with Crippen molar-refractivity contribution >= 4 is 21.9 Å². The maximum absolute atomic E-state index is 5.25. The third-order valence-corrected chi connectivity index (χ3v) is 11.6. The van der Waals surface area contributed by atoms with Crippen LogP contribution in [0.25, 0.3) is 111 Å². The maximum atomic E-state index is 5.25. The smallest absolute Gasteiger partial charge is 0.160 e. The molecule has 0 aliphatic carbocycles. The maximum Gasteiger partial charge on any atom is 0.160 e. The number of hydrogen-bond acceptors (Lipinski definition) is 2. The number of benzene rings is 9. The second-order valence-electron chi connectivity index (χ2n) is 15.4. The minimum Gasteiger partial charge on any atom is -0.351 e. The zero-order valence-electron chi connectivity index (χ0n) is 33.3. The summed E-state index contributed by atoms with van der Waals surface area (Å²) < 4.78 is 0. The van der Waals surface area contributed by atoms with Gasteiger partial charge in [-0.15, -0.1) is 0 Å². The van der Waals surface area contributed by atoms with E-state index < -0.39 is 0 Å². The molecule has 2 aromatic heterocycles. The van der Waals surface area contributed by atoms with Crippen LogP contribution in [0, 0.1) is 0 Å². The first-order valence-corrected chi connectivity index (χ1v) is 20.7. The SMILES string of the molecule is c1ccc(-c2nc(-c3cccc(-c4cccc(-c5cc(-c6ccccc6)c(-c6ccccc6)c(-c6ccccc6)c5-c5ccccc5)c4)c3)c3[nH]c4ccccc4c3n2)cc1. The van der Waals surface area contributed by atoms with Gasteiger partial charge in [0, 0.05) is 22.0 Å². The van der Waals surface area contributed by atoms with Crippen LogP contribution in [-0.4, -0.2) is 15.0 Å². The van der Waals surface area contributed by atoms with Crippen molar-refractivity contribution in [2.45, 2.75) is 0 Å². The normalized spacial score (nSPS) is 11.3. The van der Waals surface area contributed by atoms with Crippen LogP contribution >= 0.6 is 0 Å². The molecule has 0 bridgehead atoms. The molecule has 3 heteroatoms. The summed E-state index contributed by atoms with van der Waals surface area (Å²) in [6, 6.07) is 82.2. The van der Waals surface area contributed by atoms with Crippen molar-refractivity contribution in [1.29, 1.82) is 0 Å². The Labute approximate surface area is 355 Å². The average Bonchev–Trinajstić information content (AvgIpc) is 3.73. The number of nitrogens with zero attached hydrogens (tertiary/aromatic N) is 2. The number of rotatable bonds is 8. The number of aromatic nitrogens is 3. The lowest BCUT2D eigenvalue weighted by Crippen LogP contribution is -1.98. The quantitative estimate of drug-likeness (QED) is 0.167. The highest BCUT2D eigenvalue weighted by atomic mass is 14.9. The van der Waals surface area contributed by atoms with Crippen LogP contribution in [0.15, 0.2) is 231 Å². The van der Waals surface area contributed by atoms with E-state index in [1.807, 2.05) is 18.2 Å². The molecule has 0 atom stereocenters. The van der Waals surface area contributed by atoms with E-state index in [0.29, 0.717) is 5.82 Å². The number of hydrogen-bond donors (Lipinski definition) is 1. The molecule has 3 nitrogen and oxygen atoms in total. The highest BCUT2D eigenvalue weighted by Crippen LogP contribution is 2.50. The van der Waals surface area contributed by atoms with Crippen molar-refractivity contribution < 1.29 is 0 Å². The highest BCUT2D eigenvalue weighted by molar-refractivity contribution is 6.10. The van der Waals surface area contributed by atoms with E-state index in [1.165, 1.54) is 50.1 Å². The van der Waals surface area contributed by atoms with Crippen molar-refractivity contribution in [2.24, 2.45) is 0 Å². The van der Waals surface area contributed by atoms with Crippen molar-refractivity contribution in [2.75, 3.05) is 0 Å². The Morgan fingerprint density at radius 3 is 1.31 bits per heavy atom. The summed E-state index contributed by atoms with van der Waals surface area (Å²) in [5, 5.41) is 1.08. The Hall–Kier alpha value is -8.14. The molecule has 61 heavy (non-hydrogen) atoms. The molecule has 9 aromatic carbocycles. The van der Waals surface area contributed by atoms with Gasteiger partial charge in [0.25, 0.3) is 0 Å². The lowest BCUT2D eigenvalue weighted by Gasteiger charge is -2.24. The number of para-hydroxylation sites is 1. The summed E-state index contributed by atoms with van der Waals surface area (Å²) in [4.78, 5) is 14.0. The first-order valence-electron chi connectivity index (χ1n) is 20.7. The summed E-state index contributed by atoms with van der Waals surface area (Å²) in [6.45, 7) is 0. The molecule has 11 aromatic rings. The first kappa shape index (κ1) is 36.0. The third kappa shape index (κ3) is 6.69. The van der Waals surface area contributed by atoms with E-state index in [0.717, 1.165) is 55.4 Å². The van der Waals surface area contributed by atoms with Gasteiger partial charge in [-0.05, 0) is 91.0 Å². The molecular weight excluding hydrogens is 739 g/mol. The number of aromatic amines is 1. The zero-order valence-corrected chi connectivity index (χ0v) is 33.3. The van der Waals surface area contributed by atoms with Gasteiger partial charge in [-0.3, -0.25) is 0 Å². The Morgan fingerprint density at radius 1 is 0.295 bits per heavy atom. The zero-order chi connectivity index (χ0) is 40.5. The van der Waals surface area contributed by atoms with E-state index in [4.69, 9.17) is 9.97 Å². The van der Waals surface area contributed by atoms with E-state index in [-0.39, 0.29) is 0 Å². The predicted molar refractivity (Wildman–Crippen MR) is 255 cm³/mol. The van der Waals surface area contributed by atoms with Gasteiger partial charge in [0.1, 0.15) is 5.52 Å². The molecule has 0 amide bonds. The van der Waals surface area contributed by atoms with Crippen LogP contribution in [0.1, 0.15) is 0 Å². The van der Waals surface area contributed by atoms with Crippen LogP contribution in [0.2, 0.25) is 0 Å². The summed E-state index contributed by atoms with van der Waals surface area (Å²) in [6.07, 6.45) is 0. The first-order chi connectivity index (χ1) is 30.3. The molecule has 0 aliphatic rings. The molecule has 0 unspecified atom stereocenters. The van der Waals surface area contributed by atoms with Crippen LogP contribution in [0.5, 0.6) is 0 Å². The van der Waals surface area contributed by atoms with Gasteiger partial charge in [0.2, 0.25) is 0 Å². The number of H-pyrrole nitrogens is 1. The molecule has 1 N–H and O–H groups in total. The second-order valence-corrected chi connectivity index (χ2v) is 15.4. The molecular formula is C58H39N3. The fraction of sp³-hybridized carbons (Fsp3) is 0. The van der Waals surface area contributed by atoms with Gasteiger partial charge in [-0.25, -0.2) is 9.97 Å². The molecule has 0 aliphatic heterocycles. The molecule has 0 saturated carbocycles. The van der Waals surface area contributed by atoms with Crippen LogP contribution < -0.4 is 0 Å². The summed E-state index contributed by atoms with van der Waals surface area (Å²) in [7, 11) is 0. The summed E-state index contributed by atoms with van der Waals surface area (Å²) >= 11 is 0. The highest BCUT2D eigenvalue weighted by Gasteiger charge is 2.24. The third-order valence-electron chi connectivity index (χ3n) is 11.6. The standard InChI is InChI=1S/C58H39N3/c1-6-20-39(21-7-1)49-38-50(53(41-24-10-3-11-25-41)54(42-26-12-4-13-27-42)52(49)40-22-8-2-9-23-40)46-32-18-30-44(36-46)45-31-19-33-47(37-45)55-57-56(48-34-16-17-35-51(48)59-57)61-58(60-55)43-28-14-5-15-29-43/h1-38,59H. The van der Waals surface area contributed by atoms with Gasteiger partial charge in [0.15, 0.2) is 5.82 Å². The summed E-state index contributed by atoms with van der Waals surface area (Å²) in [5.74, 6) is 0.705. The van der Waals surface area contributed by atoms with Crippen molar-refractivity contribution in [3.05, 3.63) is 231 Å².